The van der Waals surface area contributed by atoms with E-state index in [1.165, 1.54) is 30.5 Å². The lowest BCUT2D eigenvalue weighted by Crippen LogP contribution is -2.01. The maximum atomic E-state index is 11.7. The van der Waals surface area contributed by atoms with Gasteiger partial charge in [0.1, 0.15) is 11.3 Å². The van der Waals surface area contributed by atoms with Crippen LogP contribution in [0.2, 0.25) is 0 Å². The summed E-state index contributed by atoms with van der Waals surface area (Å²) < 4.78 is 10.7. The molecule has 2 heterocycles. The molecule has 122 valence electrons. The molecule has 7 heteroatoms. The minimum Gasteiger partial charge on any atom is -0.434 e. The molecular formula is C17H14N2O5. The summed E-state index contributed by atoms with van der Waals surface area (Å²) in [4.78, 5) is 26.0. The van der Waals surface area contributed by atoms with Gasteiger partial charge in [0.2, 0.25) is 0 Å². The van der Waals surface area contributed by atoms with E-state index in [4.69, 9.17) is 9.15 Å². The Hall–Kier alpha value is -3.22. The van der Waals surface area contributed by atoms with Gasteiger partial charge in [-0.1, -0.05) is 13.3 Å². The van der Waals surface area contributed by atoms with Crippen LogP contribution in [0.15, 0.2) is 51.8 Å². The molecule has 0 N–H and O–H groups in total. The molecule has 0 amide bonds. The van der Waals surface area contributed by atoms with Crippen LogP contribution in [0.1, 0.15) is 18.9 Å². The molecular weight excluding hydrogens is 312 g/mol. The van der Waals surface area contributed by atoms with Crippen LogP contribution in [-0.4, -0.2) is 9.91 Å². The highest BCUT2D eigenvalue weighted by Crippen LogP contribution is 2.30. The maximum Gasteiger partial charge on any atom is 0.336 e. The number of fused-ring (bicyclic) bond motifs is 1. The van der Waals surface area contributed by atoms with Crippen molar-refractivity contribution in [1.29, 1.82) is 0 Å². The van der Waals surface area contributed by atoms with Crippen molar-refractivity contribution < 1.29 is 14.1 Å². The maximum absolute atomic E-state index is 11.7. The Bertz CT molecular complexity index is 965. The number of benzene rings is 1. The highest BCUT2D eigenvalue weighted by molar-refractivity contribution is 5.81. The minimum absolute atomic E-state index is 0.117. The zero-order valence-electron chi connectivity index (χ0n) is 12.9. The highest BCUT2D eigenvalue weighted by Gasteiger charge is 2.17. The van der Waals surface area contributed by atoms with E-state index in [1.807, 2.05) is 6.92 Å². The lowest BCUT2D eigenvalue weighted by molar-refractivity contribution is -0.386. The summed E-state index contributed by atoms with van der Waals surface area (Å²) in [6.45, 7) is 2.03. The normalized spacial score (nSPS) is 10.7. The molecule has 24 heavy (non-hydrogen) atoms. The molecule has 0 aliphatic carbocycles. The summed E-state index contributed by atoms with van der Waals surface area (Å²) in [5.74, 6) is 0.190. The molecule has 0 saturated heterocycles. The molecule has 3 aromatic rings. The van der Waals surface area contributed by atoms with Crippen LogP contribution in [0.3, 0.4) is 0 Å². The molecule has 0 unspecified atom stereocenters. The summed E-state index contributed by atoms with van der Waals surface area (Å²) in [7, 11) is 0. The average Bonchev–Trinajstić information content (AvgIpc) is 2.55. The second-order valence-electron chi connectivity index (χ2n) is 5.19. The van der Waals surface area contributed by atoms with Crippen molar-refractivity contribution >= 4 is 16.7 Å². The molecule has 0 spiro atoms. The van der Waals surface area contributed by atoms with Gasteiger partial charge >= 0.3 is 11.3 Å². The fraction of sp³-hybridized carbons (Fsp3) is 0.176. The molecule has 0 fully saturated rings. The van der Waals surface area contributed by atoms with Gasteiger partial charge in [0.25, 0.3) is 5.88 Å². The van der Waals surface area contributed by atoms with Crippen molar-refractivity contribution in [1.82, 2.24) is 4.98 Å². The van der Waals surface area contributed by atoms with Crippen molar-refractivity contribution in [2.45, 2.75) is 19.8 Å². The van der Waals surface area contributed by atoms with Crippen LogP contribution in [0.4, 0.5) is 5.69 Å². The minimum atomic E-state index is -0.567. The number of aromatic nitrogens is 1. The monoisotopic (exact) mass is 326 g/mol. The number of nitrogens with zero attached hydrogens (tertiary/aromatic N) is 2. The van der Waals surface area contributed by atoms with Gasteiger partial charge < -0.3 is 9.15 Å². The molecule has 0 bridgehead atoms. The van der Waals surface area contributed by atoms with Gasteiger partial charge in [-0.3, -0.25) is 10.1 Å². The molecule has 3 rings (SSSR count). The Balaban J connectivity index is 2.03. The predicted molar refractivity (Wildman–Crippen MR) is 87.4 cm³/mol. The highest BCUT2D eigenvalue weighted by atomic mass is 16.6. The number of rotatable bonds is 5. The van der Waals surface area contributed by atoms with Crippen LogP contribution in [-0.2, 0) is 6.42 Å². The van der Waals surface area contributed by atoms with Crippen molar-refractivity contribution in [3.63, 3.8) is 0 Å². The first-order valence-corrected chi connectivity index (χ1v) is 7.42. The first-order valence-electron chi connectivity index (χ1n) is 7.42. The third-order valence-corrected chi connectivity index (χ3v) is 3.48. The summed E-state index contributed by atoms with van der Waals surface area (Å²) in [5.41, 5.74) is 0.604. The zero-order valence-corrected chi connectivity index (χ0v) is 12.9. The number of ether oxygens (including phenoxy) is 1. The fourth-order valence-electron chi connectivity index (χ4n) is 2.46. The molecule has 0 aliphatic rings. The number of nitro groups is 1. The van der Waals surface area contributed by atoms with E-state index in [1.54, 1.807) is 12.1 Å². The molecule has 0 aliphatic heterocycles. The fourth-order valence-corrected chi connectivity index (χ4v) is 2.46. The summed E-state index contributed by atoms with van der Waals surface area (Å²) >= 11 is 0. The Morgan fingerprint density at radius 2 is 2.12 bits per heavy atom. The topological polar surface area (TPSA) is 95.5 Å². The van der Waals surface area contributed by atoms with E-state index < -0.39 is 10.5 Å². The van der Waals surface area contributed by atoms with Crippen LogP contribution in [0, 0.1) is 10.1 Å². The first kappa shape index (κ1) is 15.7. The number of hydrogen-bond acceptors (Lipinski definition) is 6. The summed E-state index contributed by atoms with van der Waals surface area (Å²) in [6.07, 6.45) is 3.06. The standard InChI is InChI=1S/C17H14N2O5/c1-2-4-11-9-16(20)24-15-10-12(6-7-13(11)15)23-17-14(19(21)22)5-3-8-18-17/h3,5-10H,2,4H2,1H3. The van der Waals surface area contributed by atoms with E-state index in [0.717, 1.165) is 23.8 Å². The van der Waals surface area contributed by atoms with Crippen molar-refractivity contribution in [2.75, 3.05) is 0 Å². The quantitative estimate of drug-likeness (QED) is 0.401. The second kappa shape index (κ2) is 6.49. The molecule has 0 saturated carbocycles. The first-order chi connectivity index (χ1) is 11.6. The number of hydrogen-bond donors (Lipinski definition) is 0. The lowest BCUT2D eigenvalue weighted by atomic mass is 10.1. The zero-order chi connectivity index (χ0) is 17.1. The van der Waals surface area contributed by atoms with E-state index in [-0.39, 0.29) is 11.6 Å². The van der Waals surface area contributed by atoms with Gasteiger partial charge in [0.15, 0.2) is 0 Å². The predicted octanol–water partition coefficient (Wildman–Crippen LogP) is 3.84. The Labute approximate surface area is 136 Å². The van der Waals surface area contributed by atoms with Gasteiger partial charge in [-0.25, -0.2) is 9.78 Å². The third-order valence-electron chi connectivity index (χ3n) is 3.48. The Morgan fingerprint density at radius 1 is 1.29 bits per heavy atom. The summed E-state index contributed by atoms with van der Waals surface area (Å²) in [6, 6.07) is 9.22. The van der Waals surface area contributed by atoms with E-state index >= 15 is 0 Å². The number of pyridine rings is 1. The lowest BCUT2D eigenvalue weighted by Gasteiger charge is -2.07. The van der Waals surface area contributed by atoms with E-state index in [0.29, 0.717) is 11.3 Å². The largest absolute Gasteiger partial charge is 0.434 e. The van der Waals surface area contributed by atoms with Gasteiger partial charge in [-0.05, 0) is 30.2 Å². The Kier molecular flexibility index (Phi) is 4.24. The second-order valence-corrected chi connectivity index (χ2v) is 5.19. The third kappa shape index (κ3) is 3.10. The van der Waals surface area contributed by atoms with Crippen molar-refractivity contribution in [2.24, 2.45) is 0 Å². The SMILES string of the molecule is CCCc1cc(=O)oc2cc(Oc3ncccc3[N+](=O)[O-])ccc12. The number of aryl methyl sites for hydroxylation is 1. The smallest absolute Gasteiger partial charge is 0.336 e. The molecule has 0 radical (unpaired) electrons. The van der Waals surface area contributed by atoms with Crippen LogP contribution < -0.4 is 10.4 Å². The Morgan fingerprint density at radius 3 is 2.88 bits per heavy atom. The van der Waals surface area contributed by atoms with E-state index in [9.17, 15) is 14.9 Å². The van der Waals surface area contributed by atoms with Crippen LogP contribution >= 0.6 is 0 Å². The van der Waals surface area contributed by atoms with Gasteiger partial charge in [-0.2, -0.15) is 0 Å². The molecule has 2 aromatic heterocycles. The summed E-state index contributed by atoms with van der Waals surface area (Å²) in [5, 5.41) is 11.8. The van der Waals surface area contributed by atoms with Gasteiger partial charge in [0.05, 0.1) is 4.92 Å². The van der Waals surface area contributed by atoms with Crippen LogP contribution in [0.25, 0.3) is 11.0 Å². The van der Waals surface area contributed by atoms with Crippen LogP contribution in [0.5, 0.6) is 11.6 Å². The van der Waals surface area contributed by atoms with Crippen molar-refractivity contribution in [3.05, 3.63) is 68.7 Å². The molecule has 0 atom stereocenters. The van der Waals surface area contributed by atoms with Gasteiger partial charge in [0, 0.05) is 29.8 Å². The average molecular weight is 326 g/mol. The van der Waals surface area contributed by atoms with Gasteiger partial charge in [-0.15, -0.1) is 0 Å². The molecule has 7 nitrogen and oxygen atoms in total. The van der Waals surface area contributed by atoms with Crippen molar-refractivity contribution in [3.8, 4) is 11.6 Å². The van der Waals surface area contributed by atoms with E-state index in [2.05, 4.69) is 4.98 Å². The molecule has 1 aromatic carbocycles.